The van der Waals surface area contributed by atoms with Crippen LogP contribution in [0.2, 0.25) is 0 Å². The van der Waals surface area contributed by atoms with Crippen molar-refractivity contribution in [3.8, 4) is 11.5 Å². The Morgan fingerprint density at radius 1 is 1.28 bits per heavy atom. The first-order valence-electron chi connectivity index (χ1n) is 7.46. The number of hydrogen-bond donors (Lipinski definition) is 0. The van der Waals surface area contributed by atoms with E-state index in [9.17, 15) is 14.9 Å². The summed E-state index contributed by atoms with van der Waals surface area (Å²) in [4.78, 5) is 22.6. The Morgan fingerprint density at radius 3 is 2.76 bits per heavy atom. The van der Waals surface area contributed by atoms with Crippen molar-refractivity contribution in [3.63, 3.8) is 0 Å². The van der Waals surface area contributed by atoms with Gasteiger partial charge in [-0.2, -0.15) is 9.78 Å². The third-order valence-corrected chi connectivity index (χ3v) is 3.68. The van der Waals surface area contributed by atoms with E-state index in [1.54, 1.807) is 18.2 Å². The quantitative estimate of drug-likeness (QED) is 0.367. The SMILES string of the molecule is Cc1nn(C(=O)/C=C/C=C/c2ccc3c(c2)OCO3)c(C)c1[N+](=O)[O-]. The molecule has 1 aliphatic rings. The summed E-state index contributed by atoms with van der Waals surface area (Å²) < 4.78 is 11.6. The lowest BCUT2D eigenvalue weighted by molar-refractivity contribution is -0.386. The van der Waals surface area contributed by atoms with Crippen molar-refractivity contribution < 1.29 is 19.2 Å². The van der Waals surface area contributed by atoms with Crippen LogP contribution in [0.5, 0.6) is 11.5 Å². The Bertz CT molecular complexity index is 911. The molecule has 2 heterocycles. The highest BCUT2D eigenvalue weighted by Gasteiger charge is 2.23. The number of nitro groups is 1. The number of rotatable bonds is 4. The maximum Gasteiger partial charge on any atom is 0.313 e. The first kappa shape index (κ1) is 16.4. The van der Waals surface area contributed by atoms with Crippen LogP contribution in [0.3, 0.4) is 0 Å². The van der Waals surface area contributed by atoms with Gasteiger partial charge in [0.05, 0.1) is 4.92 Å². The molecule has 0 aliphatic carbocycles. The van der Waals surface area contributed by atoms with E-state index in [0.717, 1.165) is 10.2 Å². The van der Waals surface area contributed by atoms with Crippen LogP contribution in [0, 0.1) is 24.0 Å². The third-order valence-electron chi connectivity index (χ3n) is 3.68. The number of ether oxygens (including phenoxy) is 2. The number of carbonyl (C=O) groups is 1. The zero-order chi connectivity index (χ0) is 18.0. The minimum absolute atomic E-state index is 0.141. The number of aromatic nitrogens is 2. The monoisotopic (exact) mass is 341 g/mol. The molecule has 2 aromatic rings. The smallest absolute Gasteiger partial charge is 0.313 e. The van der Waals surface area contributed by atoms with Crippen LogP contribution >= 0.6 is 0 Å². The molecule has 8 heteroatoms. The van der Waals surface area contributed by atoms with Crippen LogP contribution in [0.4, 0.5) is 5.69 Å². The third kappa shape index (κ3) is 3.27. The number of carbonyl (C=O) groups excluding carboxylic acids is 1. The first-order chi connectivity index (χ1) is 12.0. The molecule has 0 atom stereocenters. The van der Waals surface area contributed by atoms with E-state index in [-0.39, 0.29) is 23.9 Å². The van der Waals surface area contributed by atoms with E-state index in [4.69, 9.17) is 9.47 Å². The molecule has 1 aliphatic heterocycles. The van der Waals surface area contributed by atoms with Gasteiger partial charge in [-0.3, -0.25) is 14.9 Å². The fraction of sp³-hybridized carbons (Fsp3) is 0.176. The molecule has 128 valence electrons. The predicted octanol–water partition coefficient (Wildman–Crippen LogP) is 3.05. The second-order valence-corrected chi connectivity index (χ2v) is 5.36. The molecular formula is C17H15N3O5. The molecule has 0 unspecified atom stereocenters. The maximum atomic E-state index is 12.1. The van der Waals surface area contributed by atoms with E-state index in [0.29, 0.717) is 11.5 Å². The van der Waals surface area contributed by atoms with E-state index >= 15 is 0 Å². The van der Waals surface area contributed by atoms with Gasteiger partial charge in [0.15, 0.2) is 11.5 Å². The van der Waals surface area contributed by atoms with Crippen LogP contribution in [-0.4, -0.2) is 27.4 Å². The molecular weight excluding hydrogens is 326 g/mol. The summed E-state index contributed by atoms with van der Waals surface area (Å²) in [7, 11) is 0. The lowest BCUT2D eigenvalue weighted by Crippen LogP contribution is -2.11. The van der Waals surface area contributed by atoms with Gasteiger partial charge in [0.1, 0.15) is 11.4 Å². The van der Waals surface area contributed by atoms with Crippen molar-refractivity contribution in [2.24, 2.45) is 0 Å². The lowest BCUT2D eigenvalue weighted by atomic mass is 10.2. The van der Waals surface area contributed by atoms with Gasteiger partial charge in [-0.1, -0.05) is 24.3 Å². The number of aryl methyl sites for hydroxylation is 1. The van der Waals surface area contributed by atoms with Crippen molar-refractivity contribution in [1.29, 1.82) is 0 Å². The summed E-state index contributed by atoms with van der Waals surface area (Å²) in [5.74, 6) is 0.926. The standard InChI is InChI=1S/C17H15N3O5/c1-11-17(20(22)23)12(2)19(18-11)16(21)6-4-3-5-13-7-8-14-15(9-13)25-10-24-14/h3-9H,10H2,1-2H3/b5-3+,6-4+. The van der Waals surface area contributed by atoms with Crippen molar-refractivity contribution in [3.05, 3.63) is 63.5 Å². The highest BCUT2D eigenvalue weighted by Crippen LogP contribution is 2.32. The van der Waals surface area contributed by atoms with Crippen LogP contribution in [0.15, 0.2) is 36.4 Å². The molecule has 3 rings (SSSR count). The zero-order valence-electron chi connectivity index (χ0n) is 13.6. The lowest BCUT2D eigenvalue weighted by Gasteiger charge is -1.97. The van der Waals surface area contributed by atoms with E-state index < -0.39 is 10.8 Å². The second-order valence-electron chi connectivity index (χ2n) is 5.36. The van der Waals surface area contributed by atoms with Crippen LogP contribution in [-0.2, 0) is 0 Å². The second kappa shape index (κ2) is 6.60. The fourth-order valence-corrected chi connectivity index (χ4v) is 2.51. The fourth-order valence-electron chi connectivity index (χ4n) is 2.51. The topological polar surface area (TPSA) is 96.5 Å². The van der Waals surface area contributed by atoms with Gasteiger partial charge in [0, 0.05) is 6.08 Å². The van der Waals surface area contributed by atoms with Gasteiger partial charge >= 0.3 is 5.69 Å². The molecule has 25 heavy (non-hydrogen) atoms. The summed E-state index contributed by atoms with van der Waals surface area (Å²) in [6.45, 7) is 3.20. The summed E-state index contributed by atoms with van der Waals surface area (Å²) in [6.07, 6.45) is 6.34. The highest BCUT2D eigenvalue weighted by atomic mass is 16.7. The Hall–Kier alpha value is -3.42. The summed E-state index contributed by atoms with van der Waals surface area (Å²) in [6, 6.07) is 5.51. The molecule has 0 N–H and O–H groups in total. The van der Waals surface area contributed by atoms with Crippen LogP contribution in [0.25, 0.3) is 6.08 Å². The number of benzene rings is 1. The molecule has 1 aromatic carbocycles. The van der Waals surface area contributed by atoms with E-state index in [2.05, 4.69) is 5.10 Å². The van der Waals surface area contributed by atoms with Crippen LogP contribution < -0.4 is 9.47 Å². The van der Waals surface area contributed by atoms with E-state index in [1.165, 1.54) is 19.9 Å². The number of nitrogens with zero attached hydrogens (tertiary/aromatic N) is 3. The molecule has 0 amide bonds. The average molecular weight is 341 g/mol. The summed E-state index contributed by atoms with van der Waals surface area (Å²) in [5.41, 5.74) is 1.16. The van der Waals surface area contributed by atoms with Gasteiger partial charge in [0.25, 0.3) is 5.91 Å². The Kier molecular flexibility index (Phi) is 4.34. The normalized spacial score (nSPS) is 13.0. The van der Waals surface area contributed by atoms with Gasteiger partial charge in [-0.15, -0.1) is 0 Å². The van der Waals surface area contributed by atoms with Crippen molar-refractivity contribution in [2.75, 3.05) is 6.79 Å². The number of hydrogen-bond acceptors (Lipinski definition) is 6. The number of fused-ring (bicyclic) bond motifs is 1. The molecule has 0 radical (unpaired) electrons. The van der Waals surface area contributed by atoms with Crippen LogP contribution in [0.1, 0.15) is 21.7 Å². The molecule has 0 saturated carbocycles. The minimum Gasteiger partial charge on any atom is -0.454 e. The average Bonchev–Trinajstić information content (AvgIpc) is 3.14. The van der Waals surface area contributed by atoms with Crippen molar-refractivity contribution in [1.82, 2.24) is 9.78 Å². The summed E-state index contributed by atoms with van der Waals surface area (Å²) >= 11 is 0. The molecule has 0 spiro atoms. The van der Waals surface area contributed by atoms with Gasteiger partial charge in [-0.05, 0) is 31.5 Å². The highest BCUT2D eigenvalue weighted by molar-refractivity contribution is 5.90. The van der Waals surface area contributed by atoms with Crippen molar-refractivity contribution >= 4 is 17.7 Å². The summed E-state index contributed by atoms with van der Waals surface area (Å²) in [5, 5.41) is 14.9. The number of allylic oxidation sites excluding steroid dienone is 3. The van der Waals surface area contributed by atoms with Gasteiger partial charge in [0.2, 0.25) is 6.79 Å². The Labute approximate surface area is 143 Å². The zero-order valence-corrected chi connectivity index (χ0v) is 13.6. The predicted molar refractivity (Wildman–Crippen MR) is 89.7 cm³/mol. The minimum atomic E-state index is -0.537. The Morgan fingerprint density at radius 2 is 2.04 bits per heavy atom. The molecule has 0 fully saturated rings. The van der Waals surface area contributed by atoms with Crippen molar-refractivity contribution in [2.45, 2.75) is 13.8 Å². The van der Waals surface area contributed by atoms with E-state index in [1.807, 2.05) is 18.2 Å². The molecule has 0 bridgehead atoms. The van der Waals surface area contributed by atoms with Gasteiger partial charge < -0.3 is 9.47 Å². The molecule has 1 aromatic heterocycles. The maximum absolute atomic E-state index is 12.1. The Balaban J connectivity index is 1.71. The van der Waals surface area contributed by atoms with Gasteiger partial charge in [-0.25, -0.2) is 0 Å². The molecule has 8 nitrogen and oxygen atoms in total. The molecule has 0 saturated heterocycles. The largest absolute Gasteiger partial charge is 0.454 e. The first-order valence-corrected chi connectivity index (χ1v) is 7.46.